The number of ether oxygens (including phenoxy) is 2. The highest BCUT2D eigenvalue weighted by Crippen LogP contribution is 2.39. The highest BCUT2D eigenvalue weighted by molar-refractivity contribution is 6.30. The standard InChI is InChI=1S/C21H21ClFNO3/c1-26-15-7-9-20(27-2)16(13-15)19-4-3-11-24(19)21(25)10-6-14-5-8-18(23)17(22)12-14/h5-10,12-13,19H,3-4,11H2,1-2H3/b10-6+. The lowest BCUT2D eigenvalue weighted by molar-refractivity contribution is -0.126. The number of halogens is 2. The molecule has 27 heavy (non-hydrogen) atoms. The first kappa shape index (κ1) is 19.2. The van der Waals surface area contributed by atoms with Crippen molar-refractivity contribution in [3.63, 3.8) is 0 Å². The second-order valence-corrected chi connectivity index (χ2v) is 6.71. The van der Waals surface area contributed by atoms with Crippen LogP contribution in [-0.2, 0) is 4.79 Å². The van der Waals surface area contributed by atoms with Crippen LogP contribution in [-0.4, -0.2) is 31.6 Å². The average Bonchev–Trinajstić information content (AvgIpc) is 3.17. The Balaban J connectivity index is 1.82. The molecule has 1 amide bonds. The van der Waals surface area contributed by atoms with Gasteiger partial charge in [0.05, 0.1) is 25.3 Å². The van der Waals surface area contributed by atoms with E-state index < -0.39 is 5.82 Å². The van der Waals surface area contributed by atoms with E-state index >= 15 is 0 Å². The van der Waals surface area contributed by atoms with Crippen LogP contribution in [0.3, 0.4) is 0 Å². The van der Waals surface area contributed by atoms with Crippen LogP contribution in [0.15, 0.2) is 42.5 Å². The Morgan fingerprint density at radius 3 is 2.74 bits per heavy atom. The fourth-order valence-corrected chi connectivity index (χ4v) is 3.52. The molecule has 142 valence electrons. The van der Waals surface area contributed by atoms with Gasteiger partial charge >= 0.3 is 0 Å². The molecule has 0 aromatic heterocycles. The van der Waals surface area contributed by atoms with Crippen molar-refractivity contribution in [3.05, 3.63) is 64.4 Å². The SMILES string of the molecule is COc1ccc(OC)c(C2CCCN2C(=O)/C=C/c2ccc(F)c(Cl)c2)c1. The molecule has 4 nitrogen and oxygen atoms in total. The minimum absolute atomic E-state index is 0.0322. The molecule has 0 N–H and O–H groups in total. The Labute approximate surface area is 163 Å². The first-order chi connectivity index (χ1) is 13.0. The Morgan fingerprint density at radius 1 is 1.22 bits per heavy atom. The maximum Gasteiger partial charge on any atom is 0.247 e. The molecule has 1 fully saturated rings. The zero-order valence-electron chi connectivity index (χ0n) is 15.2. The fraction of sp³-hybridized carbons (Fsp3) is 0.286. The molecule has 6 heteroatoms. The molecule has 1 unspecified atom stereocenters. The Kier molecular flexibility index (Phi) is 6.01. The van der Waals surface area contributed by atoms with Crippen molar-refractivity contribution >= 4 is 23.6 Å². The average molecular weight is 390 g/mol. The van der Waals surface area contributed by atoms with E-state index in [1.807, 2.05) is 23.1 Å². The number of amides is 1. The lowest BCUT2D eigenvalue weighted by atomic mass is 10.0. The Hall–Kier alpha value is -2.53. The summed E-state index contributed by atoms with van der Waals surface area (Å²) in [5.74, 6) is 0.865. The van der Waals surface area contributed by atoms with E-state index in [0.29, 0.717) is 12.1 Å². The summed E-state index contributed by atoms with van der Waals surface area (Å²) in [6.07, 6.45) is 4.90. The van der Waals surface area contributed by atoms with Crippen molar-refractivity contribution in [2.24, 2.45) is 0 Å². The third kappa shape index (κ3) is 4.25. The van der Waals surface area contributed by atoms with Crippen molar-refractivity contribution in [1.29, 1.82) is 0 Å². The number of carbonyl (C=O) groups is 1. The number of nitrogens with zero attached hydrogens (tertiary/aromatic N) is 1. The second-order valence-electron chi connectivity index (χ2n) is 6.30. The molecule has 1 aliphatic rings. The smallest absolute Gasteiger partial charge is 0.247 e. The highest BCUT2D eigenvalue weighted by Gasteiger charge is 2.31. The molecule has 0 spiro atoms. The van der Waals surface area contributed by atoms with Gasteiger partial charge in [-0.25, -0.2) is 4.39 Å². The van der Waals surface area contributed by atoms with Crippen molar-refractivity contribution < 1.29 is 18.7 Å². The number of rotatable bonds is 5. The monoisotopic (exact) mass is 389 g/mol. The van der Waals surface area contributed by atoms with Crippen LogP contribution in [0.2, 0.25) is 5.02 Å². The molecule has 0 bridgehead atoms. The Morgan fingerprint density at radius 2 is 2.04 bits per heavy atom. The van der Waals surface area contributed by atoms with Crippen LogP contribution < -0.4 is 9.47 Å². The molecule has 2 aromatic rings. The largest absolute Gasteiger partial charge is 0.497 e. The van der Waals surface area contributed by atoms with Gasteiger partial charge in [-0.1, -0.05) is 17.7 Å². The van der Waals surface area contributed by atoms with Gasteiger partial charge in [-0.3, -0.25) is 4.79 Å². The third-order valence-corrected chi connectivity index (χ3v) is 4.98. The number of methoxy groups -OCH3 is 2. The van der Waals surface area contributed by atoms with Crippen LogP contribution in [0.5, 0.6) is 11.5 Å². The number of hydrogen-bond acceptors (Lipinski definition) is 3. The van der Waals surface area contributed by atoms with Crippen LogP contribution >= 0.6 is 11.6 Å². The van der Waals surface area contributed by atoms with Crippen LogP contribution in [0.4, 0.5) is 4.39 Å². The fourth-order valence-electron chi connectivity index (χ4n) is 3.33. The highest BCUT2D eigenvalue weighted by atomic mass is 35.5. The lowest BCUT2D eigenvalue weighted by Crippen LogP contribution is -2.29. The third-order valence-electron chi connectivity index (χ3n) is 4.69. The van der Waals surface area contributed by atoms with E-state index in [1.165, 1.54) is 18.2 Å². The summed E-state index contributed by atoms with van der Waals surface area (Å²) in [5.41, 5.74) is 1.60. The van der Waals surface area contributed by atoms with Gasteiger partial charge < -0.3 is 14.4 Å². The molecule has 3 rings (SSSR count). The van der Waals surface area contributed by atoms with E-state index in [1.54, 1.807) is 26.4 Å². The number of benzene rings is 2. The zero-order chi connectivity index (χ0) is 19.4. The molecule has 0 aliphatic carbocycles. The maximum atomic E-state index is 13.3. The van der Waals surface area contributed by atoms with E-state index in [0.717, 1.165) is 29.9 Å². The molecular weight excluding hydrogens is 369 g/mol. The van der Waals surface area contributed by atoms with Crippen LogP contribution in [0.1, 0.15) is 30.0 Å². The van der Waals surface area contributed by atoms with Gasteiger partial charge in [0.2, 0.25) is 5.91 Å². The van der Waals surface area contributed by atoms with Crippen molar-refractivity contribution in [2.75, 3.05) is 20.8 Å². The molecule has 0 radical (unpaired) electrons. The van der Waals surface area contributed by atoms with Crippen molar-refractivity contribution in [2.45, 2.75) is 18.9 Å². The van der Waals surface area contributed by atoms with Crippen LogP contribution in [0.25, 0.3) is 6.08 Å². The summed E-state index contributed by atoms with van der Waals surface area (Å²) in [7, 11) is 3.23. The summed E-state index contributed by atoms with van der Waals surface area (Å²) in [6.45, 7) is 0.665. The molecule has 2 aromatic carbocycles. The number of likely N-dealkylation sites (tertiary alicyclic amines) is 1. The Bertz CT molecular complexity index is 869. The second kappa shape index (κ2) is 8.44. The van der Waals surface area contributed by atoms with Gasteiger partial charge in [-0.2, -0.15) is 0 Å². The van der Waals surface area contributed by atoms with E-state index in [4.69, 9.17) is 21.1 Å². The molecule has 1 heterocycles. The zero-order valence-corrected chi connectivity index (χ0v) is 16.0. The molecule has 1 atom stereocenters. The minimum atomic E-state index is -0.482. The van der Waals surface area contributed by atoms with Gasteiger partial charge in [0.25, 0.3) is 0 Å². The van der Waals surface area contributed by atoms with Gasteiger partial charge in [-0.15, -0.1) is 0 Å². The minimum Gasteiger partial charge on any atom is -0.497 e. The molecule has 0 saturated carbocycles. The maximum absolute atomic E-state index is 13.3. The summed E-state index contributed by atoms with van der Waals surface area (Å²) in [6, 6.07) is 9.88. The van der Waals surface area contributed by atoms with Crippen LogP contribution in [0, 0.1) is 5.82 Å². The van der Waals surface area contributed by atoms with E-state index in [2.05, 4.69) is 0 Å². The van der Waals surface area contributed by atoms with Crippen molar-refractivity contribution in [3.8, 4) is 11.5 Å². The lowest BCUT2D eigenvalue weighted by Gasteiger charge is -2.25. The van der Waals surface area contributed by atoms with Gasteiger partial charge in [0.15, 0.2) is 0 Å². The number of hydrogen-bond donors (Lipinski definition) is 0. The first-order valence-electron chi connectivity index (χ1n) is 8.69. The van der Waals surface area contributed by atoms with Crippen molar-refractivity contribution in [1.82, 2.24) is 4.90 Å². The normalized spacial score (nSPS) is 16.7. The van der Waals surface area contributed by atoms with Gasteiger partial charge in [-0.05, 0) is 54.8 Å². The quantitative estimate of drug-likeness (QED) is 0.684. The summed E-state index contributed by atoms with van der Waals surface area (Å²) in [5, 5.41) is 0.0322. The summed E-state index contributed by atoms with van der Waals surface area (Å²) < 4.78 is 24.1. The summed E-state index contributed by atoms with van der Waals surface area (Å²) >= 11 is 5.79. The first-order valence-corrected chi connectivity index (χ1v) is 9.07. The van der Waals surface area contributed by atoms with E-state index in [9.17, 15) is 9.18 Å². The molecular formula is C21H21ClFNO3. The predicted octanol–water partition coefficient (Wildman–Crippen LogP) is 4.87. The summed E-state index contributed by atoms with van der Waals surface area (Å²) in [4.78, 5) is 14.6. The van der Waals surface area contributed by atoms with E-state index in [-0.39, 0.29) is 17.0 Å². The predicted molar refractivity (Wildman–Crippen MR) is 104 cm³/mol. The molecule has 1 aliphatic heterocycles. The topological polar surface area (TPSA) is 38.8 Å². The van der Waals surface area contributed by atoms with Gasteiger partial charge in [0.1, 0.15) is 17.3 Å². The molecule has 1 saturated heterocycles. The number of carbonyl (C=O) groups excluding carboxylic acids is 1. The van der Waals surface area contributed by atoms with Gasteiger partial charge in [0, 0.05) is 18.2 Å².